The Kier molecular flexibility index (Phi) is 3.17. The number of rotatable bonds is 3. The third kappa shape index (κ3) is 1.91. The van der Waals surface area contributed by atoms with Crippen molar-refractivity contribution in [2.75, 3.05) is 18.5 Å². The van der Waals surface area contributed by atoms with Crippen molar-refractivity contribution in [2.45, 2.75) is 31.8 Å². The average Bonchev–Trinajstić information content (AvgIpc) is 2.51. The molecule has 0 bridgehead atoms. The second-order valence-electron chi connectivity index (χ2n) is 5.43. The van der Waals surface area contributed by atoms with E-state index in [-0.39, 0.29) is 12.5 Å². The molecular formula is C14H20N2O2. The van der Waals surface area contributed by atoms with E-state index < -0.39 is 11.5 Å². The summed E-state index contributed by atoms with van der Waals surface area (Å²) in [5.74, 6) is 0.106. The summed E-state index contributed by atoms with van der Waals surface area (Å²) in [5, 5.41) is 9.59. The number of hydrogen-bond acceptors (Lipinski definition) is 3. The van der Waals surface area contributed by atoms with Crippen LogP contribution in [0.5, 0.6) is 0 Å². The van der Waals surface area contributed by atoms with Crippen molar-refractivity contribution < 1.29 is 9.90 Å². The van der Waals surface area contributed by atoms with Crippen molar-refractivity contribution in [1.82, 2.24) is 0 Å². The second kappa shape index (κ2) is 4.37. The fraction of sp³-hybridized carbons (Fsp3) is 0.500. The molecule has 0 aliphatic carbocycles. The molecule has 1 amide bonds. The first-order valence-corrected chi connectivity index (χ1v) is 6.17. The van der Waals surface area contributed by atoms with Gasteiger partial charge in [0.2, 0.25) is 5.91 Å². The third-order valence-electron chi connectivity index (χ3n) is 3.68. The first kappa shape index (κ1) is 13.1. The molecule has 1 aromatic carbocycles. The summed E-state index contributed by atoms with van der Waals surface area (Å²) in [6, 6.07) is 5.90. The van der Waals surface area contributed by atoms with Crippen molar-refractivity contribution in [1.29, 1.82) is 0 Å². The quantitative estimate of drug-likeness (QED) is 0.831. The number of likely N-dealkylation sites (N-methyl/N-ethyl adjacent to an activating group) is 1. The van der Waals surface area contributed by atoms with Crippen LogP contribution in [-0.4, -0.2) is 30.7 Å². The molecule has 1 atom stereocenters. The van der Waals surface area contributed by atoms with Crippen LogP contribution in [0, 0.1) is 0 Å². The van der Waals surface area contributed by atoms with E-state index in [4.69, 9.17) is 5.73 Å². The van der Waals surface area contributed by atoms with Gasteiger partial charge >= 0.3 is 0 Å². The van der Waals surface area contributed by atoms with Crippen molar-refractivity contribution in [3.8, 4) is 0 Å². The topological polar surface area (TPSA) is 66.6 Å². The van der Waals surface area contributed by atoms with Gasteiger partial charge in [-0.1, -0.05) is 12.1 Å². The van der Waals surface area contributed by atoms with E-state index >= 15 is 0 Å². The molecule has 0 saturated carbocycles. The van der Waals surface area contributed by atoms with E-state index in [2.05, 4.69) is 0 Å². The van der Waals surface area contributed by atoms with E-state index in [0.29, 0.717) is 6.42 Å². The van der Waals surface area contributed by atoms with Crippen LogP contribution in [0.15, 0.2) is 18.2 Å². The number of anilines is 1. The van der Waals surface area contributed by atoms with Gasteiger partial charge in [-0.25, -0.2) is 0 Å². The molecule has 0 fully saturated rings. The molecule has 3 N–H and O–H groups in total. The monoisotopic (exact) mass is 248 g/mol. The van der Waals surface area contributed by atoms with E-state index in [1.807, 2.05) is 32.0 Å². The average molecular weight is 248 g/mol. The number of aliphatic hydroxyl groups excluding tert-OH is 1. The van der Waals surface area contributed by atoms with Crippen LogP contribution in [-0.2, 0) is 16.6 Å². The molecule has 1 aliphatic rings. The molecule has 0 aromatic heterocycles. The Morgan fingerprint density at radius 1 is 1.44 bits per heavy atom. The molecule has 0 radical (unpaired) electrons. The van der Waals surface area contributed by atoms with Gasteiger partial charge in [-0.15, -0.1) is 0 Å². The fourth-order valence-electron chi connectivity index (χ4n) is 2.50. The Morgan fingerprint density at radius 2 is 2.11 bits per heavy atom. The van der Waals surface area contributed by atoms with Gasteiger partial charge in [-0.3, -0.25) is 4.79 Å². The highest BCUT2D eigenvalue weighted by Gasteiger charge is 2.42. The Bertz CT molecular complexity index is 483. The molecule has 1 heterocycles. The number of carbonyl (C=O) groups excluding carboxylic acids is 1. The van der Waals surface area contributed by atoms with Crippen LogP contribution in [0.3, 0.4) is 0 Å². The number of fused-ring (bicyclic) bond motifs is 1. The number of amides is 1. The summed E-state index contributed by atoms with van der Waals surface area (Å²) in [7, 11) is 1.80. The lowest BCUT2D eigenvalue weighted by atomic mass is 9.85. The van der Waals surface area contributed by atoms with Crippen molar-refractivity contribution >= 4 is 11.6 Å². The molecule has 0 spiro atoms. The highest BCUT2D eigenvalue weighted by Crippen LogP contribution is 2.41. The van der Waals surface area contributed by atoms with Crippen LogP contribution >= 0.6 is 0 Å². The summed E-state index contributed by atoms with van der Waals surface area (Å²) in [6.07, 6.45) is -0.00129. The van der Waals surface area contributed by atoms with Gasteiger partial charge in [0.15, 0.2) is 0 Å². The predicted octanol–water partition coefficient (Wildman–Crippen LogP) is 0.803. The first-order chi connectivity index (χ1) is 8.37. The Morgan fingerprint density at radius 3 is 2.72 bits per heavy atom. The van der Waals surface area contributed by atoms with Crippen molar-refractivity contribution in [3.63, 3.8) is 0 Å². The molecule has 4 nitrogen and oxygen atoms in total. The van der Waals surface area contributed by atoms with Gasteiger partial charge < -0.3 is 15.7 Å². The zero-order valence-corrected chi connectivity index (χ0v) is 11.1. The maximum Gasteiger partial charge on any atom is 0.236 e. The first-order valence-electron chi connectivity index (χ1n) is 6.17. The normalized spacial score (nSPS) is 18.9. The molecule has 98 valence electrons. The molecule has 1 aromatic rings. The Balaban J connectivity index is 2.39. The van der Waals surface area contributed by atoms with Gasteiger partial charge in [0.25, 0.3) is 0 Å². The van der Waals surface area contributed by atoms with E-state index in [9.17, 15) is 9.90 Å². The molecule has 0 saturated heterocycles. The summed E-state index contributed by atoms with van der Waals surface area (Å²) in [5.41, 5.74) is 7.92. The zero-order chi connectivity index (χ0) is 13.5. The summed E-state index contributed by atoms with van der Waals surface area (Å²) in [6.45, 7) is 4.11. The molecule has 4 heteroatoms. The van der Waals surface area contributed by atoms with Gasteiger partial charge in [0, 0.05) is 19.3 Å². The highest BCUT2D eigenvalue weighted by atomic mass is 16.3. The smallest absolute Gasteiger partial charge is 0.236 e. The number of benzene rings is 1. The second-order valence-corrected chi connectivity index (χ2v) is 5.43. The number of hydrogen-bond donors (Lipinski definition) is 2. The van der Waals surface area contributed by atoms with Gasteiger partial charge in [-0.05, 0) is 37.5 Å². The van der Waals surface area contributed by atoms with Gasteiger partial charge in [0.05, 0.1) is 11.5 Å². The maximum absolute atomic E-state index is 12.1. The van der Waals surface area contributed by atoms with Crippen molar-refractivity contribution in [2.24, 2.45) is 5.73 Å². The molecule has 18 heavy (non-hydrogen) atoms. The maximum atomic E-state index is 12.1. The van der Waals surface area contributed by atoms with E-state index in [1.54, 1.807) is 11.9 Å². The fourth-order valence-corrected chi connectivity index (χ4v) is 2.50. The standard InChI is InChI=1S/C14H20N2O2/c1-14(2)11-7-9(6-10(17)8-15)4-5-12(11)16(3)13(14)18/h4-5,7,10,17H,6,8,15H2,1-3H3. The van der Waals surface area contributed by atoms with Crippen LogP contribution < -0.4 is 10.6 Å². The van der Waals surface area contributed by atoms with Crippen LogP contribution in [0.4, 0.5) is 5.69 Å². The number of nitrogens with two attached hydrogens (primary N) is 1. The third-order valence-corrected chi connectivity index (χ3v) is 3.68. The van der Waals surface area contributed by atoms with Crippen LogP contribution in [0.2, 0.25) is 0 Å². The Labute approximate surface area is 107 Å². The molecular weight excluding hydrogens is 228 g/mol. The lowest BCUT2D eigenvalue weighted by Crippen LogP contribution is -2.33. The minimum Gasteiger partial charge on any atom is -0.391 e. The summed E-state index contributed by atoms with van der Waals surface area (Å²) in [4.78, 5) is 13.8. The SMILES string of the molecule is CN1C(=O)C(C)(C)c2cc(CC(O)CN)ccc21. The lowest BCUT2D eigenvalue weighted by molar-refractivity contribution is -0.121. The number of aliphatic hydroxyl groups is 1. The van der Waals surface area contributed by atoms with Crippen LogP contribution in [0.1, 0.15) is 25.0 Å². The number of carbonyl (C=O) groups is 1. The predicted molar refractivity (Wildman–Crippen MR) is 71.6 cm³/mol. The Hall–Kier alpha value is -1.39. The molecule has 2 rings (SSSR count). The zero-order valence-electron chi connectivity index (χ0n) is 11.1. The number of nitrogens with zero attached hydrogens (tertiary/aromatic N) is 1. The van der Waals surface area contributed by atoms with E-state index in [0.717, 1.165) is 16.8 Å². The minimum atomic E-state index is -0.527. The van der Waals surface area contributed by atoms with Crippen LogP contribution in [0.25, 0.3) is 0 Å². The summed E-state index contributed by atoms with van der Waals surface area (Å²) < 4.78 is 0. The van der Waals surface area contributed by atoms with Gasteiger partial charge in [0.1, 0.15) is 0 Å². The lowest BCUT2D eigenvalue weighted by Gasteiger charge is -2.17. The minimum absolute atomic E-state index is 0.106. The molecule has 1 aliphatic heterocycles. The highest BCUT2D eigenvalue weighted by molar-refractivity contribution is 6.07. The van der Waals surface area contributed by atoms with E-state index in [1.165, 1.54) is 0 Å². The summed E-state index contributed by atoms with van der Waals surface area (Å²) >= 11 is 0. The van der Waals surface area contributed by atoms with Crippen molar-refractivity contribution in [3.05, 3.63) is 29.3 Å². The largest absolute Gasteiger partial charge is 0.391 e. The van der Waals surface area contributed by atoms with Gasteiger partial charge in [-0.2, -0.15) is 0 Å². The molecule has 1 unspecified atom stereocenters.